The van der Waals surface area contributed by atoms with Gasteiger partial charge in [-0.15, -0.1) is 5.11 Å². The lowest BCUT2D eigenvalue weighted by Gasteiger charge is -2.15. The van der Waals surface area contributed by atoms with Gasteiger partial charge >= 0.3 is 0 Å². The monoisotopic (exact) mass is 255 g/mol. The second-order valence-corrected chi connectivity index (χ2v) is 4.43. The molecule has 0 bridgehead atoms. The molecule has 19 heavy (non-hydrogen) atoms. The van der Waals surface area contributed by atoms with Gasteiger partial charge in [0.15, 0.2) is 0 Å². The lowest BCUT2D eigenvalue weighted by Crippen LogP contribution is -2.23. The summed E-state index contributed by atoms with van der Waals surface area (Å²) in [6.07, 6.45) is 1.91. The Morgan fingerprint density at radius 3 is 2.84 bits per heavy atom. The third-order valence-electron chi connectivity index (χ3n) is 2.93. The largest absolute Gasteiger partial charge is 0.273 e. The van der Waals surface area contributed by atoms with Gasteiger partial charge in [-0.05, 0) is 5.56 Å². The maximum atomic E-state index is 11.3. The molecule has 0 radical (unpaired) electrons. The van der Waals surface area contributed by atoms with Gasteiger partial charge in [0.1, 0.15) is 0 Å². The predicted octanol–water partition coefficient (Wildman–Crippen LogP) is 2.29. The van der Waals surface area contributed by atoms with Crippen LogP contribution in [0.1, 0.15) is 18.1 Å². The standard InChI is InChI=1S/C13H13N5O/c1-10(19)18-9-12-8-17(15-13(12)14-16-18)7-11-5-3-2-4-6-11/h2-6,8H,7,9H2,1H3. The van der Waals surface area contributed by atoms with Gasteiger partial charge in [-0.3, -0.25) is 9.48 Å². The van der Waals surface area contributed by atoms with Crippen molar-refractivity contribution < 1.29 is 4.79 Å². The molecule has 0 aliphatic carbocycles. The van der Waals surface area contributed by atoms with Gasteiger partial charge in [-0.1, -0.05) is 35.6 Å². The van der Waals surface area contributed by atoms with Crippen LogP contribution >= 0.6 is 0 Å². The molecular formula is C13H13N5O. The highest BCUT2D eigenvalue weighted by Crippen LogP contribution is 2.24. The van der Waals surface area contributed by atoms with Gasteiger partial charge in [0.2, 0.25) is 11.7 Å². The van der Waals surface area contributed by atoms with Crippen molar-refractivity contribution in [3.63, 3.8) is 0 Å². The molecule has 0 spiro atoms. The zero-order valence-corrected chi connectivity index (χ0v) is 10.5. The van der Waals surface area contributed by atoms with E-state index in [2.05, 4.69) is 15.4 Å². The van der Waals surface area contributed by atoms with Gasteiger partial charge < -0.3 is 0 Å². The van der Waals surface area contributed by atoms with Crippen molar-refractivity contribution in [3.8, 4) is 0 Å². The molecule has 6 heteroatoms. The van der Waals surface area contributed by atoms with E-state index in [1.807, 2.05) is 41.2 Å². The molecule has 1 aliphatic heterocycles. The van der Waals surface area contributed by atoms with Crippen molar-refractivity contribution in [2.24, 2.45) is 10.3 Å². The molecule has 3 rings (SSSR count). The van der Waals surface area contributed by atoms with Crippen molar-refractivity contribution in [3.05, 3.63) is 47.7 Å². The van der Waals surface area contributed by atoms with Crippen LogP contribution in [0.3, 0.4) is 0 Å². The van der Waals surface area contributed by atoms with Crippen LogP contribution in [-0.2, 0) is 17.9 Å². The smallest absolute Gasteiger partial charge is 0.241 e. The topological polar surface area (TPSA) is 62.9 Å². The summed E-state index contributed by atoms with van der Waals surface area (Å²) in [6, 6.07) is 10.1. The number of fused-ring (bicyclic) bond motifs is 1. The number of carbonyl (C=O) groups excluding carboxylic acids is 1. The predicted molar refractivity (Wildman–Crippen MR) is 68.5 cm³/mol. The maximum Gasteiger partial charge on any atom is 0.241 e. The summed E-state index contributed by atoms with van der Waals surface area (Å²) in [5.41, 5.74) is 2.09. The number of amides is 1. The average molecular weight is 255 g/mol. The van der Waals surface area contributed by atoms with E-state index in [1.54, 1.807) is 0 Å². The Hall–Kier alpha value is -2.50. The number of aromatic nitrogens is 2. The first-order valence-electron chi connectivity index (χ1n) is 6.02. The molecule has 0 fully saturated rings. The van der Waals surface area contributed by atoms with E-state index in [9.17, 15) is 4.79 Å². The van der Waals surface area contributed by atoms with E-state index >= 15 is 0 Å². The van der Waals surface area contributed by atoms with Crippen molar-refractivity contribution >= 4 is 11.7 Å². The fourth-order valence-corrected chi connectivity index (χ4v) is 1.96. The van der Waals surface area contributed by atoms with Crippen LogP contribution < -0.4 is 0 Å². The Labute approximate surface area is 110 Å². The Morgan fingerprint density at radius 2 is 2.11 bits per heavy atom. The summed E-state index contributed by atoms with van der Waals surface area (Å²) < 4.78 is 1.82. The van der Waals surface area contributed by atoms with Gasteiger partial charge in [-0.2, -0.15) is 5.10 Å². The molecule has 1 amide bonds. The Kier molecular flexibility index (Phi) is 2.83. The zero-order chi connectivity index (χ0) is 13.2. The fourth-order valence-electron chi connectivity index (χ4n) is 1.96. The highest BCUT2D eigenvalue weighted by molar-refractivity contribution is 5.73. The minimum atomic E-state index is -0.120. The lowest BCUT2D eigenvalue weighted by molar-refractivity contribution is -0.130. The van der Waals surface area contributed by atoms with Crippen molar-refractivity contribution in [2.45, 2.75) is 20.0 Å². The fraction of sp³-hybridized carbons (Fsp3) is 0.231. The van der Waals surface area contributed by atoms with Crippen LogP contribution in [0.4, 0.5) is 5.82 Å². The highest BCUT2D eigenvalue weighted by Gasteiger charge is 2.19. The molecule has 0 saturated carbocycles. The van der Waals surface area contributed by atoms with Crippen LogP contribution in [0, 0.1) is 0 Å². The Morgan fingerprint density at radius 1 is 1.32 bits per heavy atom. The molecule has 1 aliphatic rings. The molecule has 0 unspecified atom stereocenters. The third-order valence-corrected chi connectivity index (χ3v) is 2.93. The van der Waals surface area contributed by atoms with E-state index in [4.69, 9.17) is 0 Å². The maximum absolute atomic E-state index is 11.3. The van der Waals surface area contributed by atoms with Crippen molar-refractivity contribution in [2.75, 3.05) is 0 Å². The molecule has 6 nitrogen and oxygen atoms in total. The third kappa shape index (κ3) is 2.37. The highest BCUT2D eigenvalue weighted by atomic mass is 16.2. The minimum absolute atomic E-state index is 0.120. The van der Waals surface area contributed by atoms with Crippen LogP contribution in [0.2, 0.25) is 0 Å². The first-order valence-corrected chi connectivity index (χ1v) is 6.02. The van der Waals surface area contributed by atoms with E-state index < -0.39 is 0 Å². The van der Waals surface area contributed by atoms with Gasteiger partial charge in [0.25, 0.3) is 0 Å². The average Bonchev–Trinajstić information content (AvgIpc) is 2.80. The molecular weight excluding hydrogens is 242 g/mol. The Balaban J connectivity index is 1.81. The van der Waals surface area contributed by atoms with E-state index in [0.29, 0.717) is 18.9 Å². The van der Waals surface area contributed by atoms with Gasteiger partial charge in [0, 0.05) is 18.7 Å². The van der Waals surface area contributed by atoms with Crippen LogP contribution in [0.25, 0.3) is 0 Å². The van der Waals surface area contributed by atoms with Gasteiger partial charge in [-0.25, -0.2) is 5.01 Å². The molecule has 2 heterocycles. The van der Waals surface area contributed by atoms with E-state index in [0.717, 1.165) is 5.56 Å². The number of nitrogens with zero attached hydrogens (tertiary/aromatic N) is 5. The lowest BCUT2D eigenvalue weighted by atomic mass is 10.2. The zero-order valence-electron chi connectivity index (χ0n) is 10.5. The van der Waals surface area contributed by atoms with Crippen LogP contribution in [-0.4, -0.2) is 20.7 Å². The normalized spacial score (nSPS) is 13.4. The number of hydrogen-bond donors (Lipinski definition) is 0. The van der Waals surface area contributed by atoms with E-state index in [-0.39, 0.29) is 5.91 Å². The molecule has 0 saturated heterocycles. The quantitative estimate of drug-likeness (QED) is 0.826. The molecule has 96 valence electrons. The Bertz CT molecular complexity index is 632. The van der Waals surface area contributed by atoms with Gasteiger partial charge in [0.05, 0.1) is 13.1 Å². The van der Waals surface area contributed by atoms with Crippen molar-refractivity contribution in [1.29, 1.82) is 0 Å². The summed E-state index contributed by atoms with van der Waals surface area (Å²) in [5, 5.41) is 13.5. The number of rotatable bonds is 2. The number of carbonyl (C=O) groups is 1. The molecule has 2 aromatic rings. The van der Waals surface area contributed by atoms with E-state index in [1.165, 1.54) is 17.5 Å². The second-order valence-electron chi connectivity index (χ2n) is 4.43. The number of hydrogen-bond acceptors (Lipinski definition) is 4. The summed E-state index contributed by atoms with van der Waals surface area (Å²) in [6.45, 7) is 2.59. The minimum Gasteiger partial charge on any atom is -0.273 e. The second kappa shape index (κ2) is 4.64. The summed E-state index contributed by atoms with van der Waals surface area (Å²) >= 11 is 0. The number of benzene rings is 1. The molecule has 0 atom stereocenters. The summed E-state index contributed by atoms with van der Waals surface area (Å²) in [4.78, 5) is 11.3. The molecule has 1 aromatic heterocycles. The summed E-state index contributed by atoms with van der Waals surface area (Å²) in [7, 11) is 0. The van der Waals surface area contributed by atoms with Crippen molar-refractivity contribution in [1.82, 2.24) is 14.8 Å². The molecule has 0 N–H and O–H groups in total. The summed E-state index contributed by atoms with van der Waals surface area (Å²) in [5.74, 6) is 0.471. The molecule has 1 aromatic carbocycles. The first-order chi connectivity index (χ1) is 9.22. The SMILES string of the molecule is CC(=O)N1Cc2cn(Cc3ccccc3)nc2N=N1. The van der Waals surface area contributed by atoms with Crippen LogP contribution in [0.15, 0.2) is 46.9 Å². The van der Waals surface area contributed by atoms with Crippen LogP contribution in [0.5, 0.6) is 0 Å². The first kappa shape index (κ1) is 11.6.